The first-order valence-corrected chi connectivity index (χ1v) is 5.38. The van der Waals surface area contributed by atoms with E-state index in [0.717, 1.165) is 12.8 Å². The van der Waals surface area contributed by atoms with Gasteiger partial charge in [-0.05, 0) is 12.8 Å². The fourth-order valence-electron chi connectivity index (χ4n) is 2.14. The van der Waals surface area contributed by atoms with Gasteiger partial charge in [0, 0.05) is 6.04 Å². The van der Waals surface area contributed by atoms with Crippen LogP contribution in [0.1, 0.15) is 25.7 Å². The lowest BCUT2D eigenvalue weighted by molar-refractivity contribution is 0.133. The zero-order valence-electron chi connectivity index (χ0n) is 7.54. The average Bonchev–Trinajstić information content (AvgIpc) is 2.72. The van der Waals surface area contributed by atoms with Gasteiger partial charge in [0.2, 0.25) is 0 Å². The molecule has 0 N–H and O–H groups in total. The fourth-order valence-corrected chi connectivity index (χ4v) is 2.30. The van der Waals surface area contributed by atoms with Gasteiger partial charge in [-0.25, -0.2) is 4.79 Å². The Balaban J connectivity index is 1.95. The Morgan fingerprint density at radius 2 is 2.15 bits per heavy atom. The molecule has 0 bridgehead atoms. The van der Waals surface area contributed by atoms with E-state index < -0.39 is 0 Å². The van der Waals surface area contributed by atoms with Crippen LogP contribution < -0.4 is 0 Å². The van der Waals surface area contributed by atoms with E-state index >= 15 is 0 Å². The Hall–Kier alpha value is -0.440. The number of rotatable bonds is 2. The summed E-state index contributed by atoms with van der Waals surface area (Å²) in [4.78, 5) is 13.2. The van der Waals surface area contributed by atoms with Crippen molar-refractivity contribution < 1.29 is 9.53 Å². The van der Waals surface area contributed by atoms with Gasteiger partial charge in [0.15, 0.2) is 0 Å². The maximum absolute atomic E-state index is 11.4. The third-order valence-corrected chi connectivity index (χ3v) is 3.18. The van der Waals surface area contributed by atoms with Gasteiger partial charge in [-0.15, -0.1) is 11.6 Å². The van der Waals surface area contributed by atoms with Crippen LogP contribution in [0, 0.1) is 0 Å². The van der Waals surface area contributed by atoms with E-state index in [2.05, 4.69) is 0 Å². The van der Waals surface area contributed by atoms with Crippen LogP contribution >= 0.6 is 11.6 Å². The molecular formula is C9H14ClNO2. The topological polar surface area (TPSA) is 29.5 Å². The Morgan fingerprint density at radius 3 is 2.69 bits per heavy atom. The predicted octanol–water partition coefficient (Wildman–Crippen LogP) is 1.99. The molecule has 0 radical (unpaired) electrons. The molecule has 1 saturated heterocycles. The second-order valence-corrected chi connectivity index (χ2v) is 4.06. The largest absolute Gasteiger partial charge is 0.443 e. The van der Waals surface area contributed by atoms with Crippen LogP contribution in [-0.2, 0) is 4.74 Å². The van der Waals surface area contributed by atoms with Crippen molar-refractivity contribution in [2.24, 2.45) is 0 Å². The molecule has 3 nitrogen and oxygen atoms in total. The van der Waals surface area contributed by atoms with Crippen LogP contribution in [0.15, 0.2) is 0 Å². The number of hydrogen-bond acceptors (Lipinski definition) is 2. The van der Waals surface area contributed by atoms with Crippen molar-refractivity contribution in [2.45, 2.75) is 37.8 Å². The first-order valence-electron chi connectivity index (χ1n) is 4.84. The number of ether oxygens (including phenoxy) is 1. The highest BCUT2D eigenvalue weighted by Gasteiger charge is 2.36. The van der Waals surface area contributed by atoms with E-state index in [-0.39, 0.29) is 12.2 Å². The first-order chi connectivity index (χ1) is 6.31. The quantitative estimate of drug-likeness (QED) is 0.643. The summed E-state index contributed by atoms with van der Waals surface area (Å²) < 4.78 is 5.09. The number of carbonyl (C=O) groups is 1. The van der Waals surface area contributed by atoms with Gasteiger partial charge in [-0.1, -0.05) is 12.8 Å². The summed E-state index contributed by atoms with van der Waals surface area (Å²) in [5.74, 6) is 0.412. The number of carbonyl (C=O) groups excluding carboxylic acids is 1. The number of halogens is 1. The summed E-state index contributed by atoms with van der Waals surface area (Å²) in [6, 6.07) is 0.417. The molecule has 1 saturated carbocycles. The number of nitrogens with zero attached hydrogens (tertiary/aromatic N) is 1. The summed E-state index contributed by atoms with van der Waals surface area (Å²) in [6.45, 7) is 0.688. The Morgan fingerprint density at radius 1 is 1.46 bits per heavy atom. The molecule has 0 spiro atoms. The molecule has 1 aliphatic carbocycles. The standard InChI is InChI=1S/C9H14ClNO2/c10-5-8-6-11(9(12)13-8)7-3-1-2-4-7/h7-8H,1-6H2. The van der Waals surface area contributed by atoms with E-state index in [4.69, 9.17) is 16.3 Å². The molecule has 74 valence electrons. The van der Waals surface area contributed by atoms with Gasteiger partial charge in [0.25, 0.3) is 0 Å². The summed E-state index contributed by atoms with van der Waals surface area (Å²) >= 11 is 5.64. The molecule has 1 aliphatic heterocycles. The zero-order chi connectivity index (χ0) is 9.26. The highest BCUT2D eigenvalue weighted by atomic mass is 35.5. The molecule has 2 aliphatic rings. The minimum atomic E-state index is -0.169. The van der Waals surface area contributed by atoms with E-state index in [1.54, 1.807) is 0 Å². The van der Waals surface area contributed by atoms with Gasteiger partial charge in [0.05, 0.1) is 12.4 Å². The van der Waals surface area contributed by atoms with Crippen molar-refractivity contribution >= 4 is 17.7 Å². The van der Waals surface area contributed by atoms with Crippen molar-refractivity contribution in [1.29, 1.82) is 0 Å². The maximum atomic E-state index is 11.4. The van der Waals surface area contributed by atoms with E-state index in [0.29, 0.717) is 18.5 Å². The number of cyclic esters (lactones) is 1. The third kappa shape index (κ3) is 1.75. The molecule has 2 rings (SSSR count). The van der Waals surface area contributed by atoms with E-state index in [1.807, 2.05) is 4.90 Å². The lowest BCUT2D eigenvalue weighted by Gasteiger charge is -2.20. The van der Waals surface area contributed by atoms with E-state index in [1.165, 1.54) is 12.8 Å². The maximum Gasteiger partial charge on any atom is 0.410 e. The zero-order valence-corrected chi connectivity index (χ0v) is 8.29. The molecule has 13 heavy (non-hydrogen) atoms. The lowest BCUT2D eigenvalue weighted by atomic mass is 10.2. The van der Waals surface area contributed by atoms with Crippen molar-refractivity contribution in [1.82, 2.24) is 4.90 Å². The van der Waals surface area contributed by atoms with E-state index in [9.17, 15) is 4.79 Å². The summed E-state index contributed by atoms with van der Waals surface area (Å²) in [5.41, 5.74) is 0. The molecule has 1 amide bonds. The molecule has 4 heteroatoms. The van der Waals surface area contributed by atoms with Crippen LogP contribution in [0.2, 0.25) is 0 Å². The van der Waals surface area contributed by atoms with Crippen LogP contribution in [-0.4, -0.2) is 35.6 Å². The van der Waals surface area contributed by atoms with Gasteiger partial charge < -0.3 is 9.64 Å². The third-order valence-electron chi connectivity index (χ3n) is 2.84. The Bertz CT molecular complexity index is 204. The molecule has 0 aromatic carbocycles. The molecule has 1 heterocycles. The molecule has 0 aromatic heterocycles. The number of alkyl halides is 1. The minimum absolute atomic E-state index is 0.0882. The van der Waals surface area contributed by atoms with Gasteiger partial charge in [-0.3, -0.25) is 0 Å². The monoisotopic (exact) mass is 203 g/mol. The molecule has 2 fully saturated rings. The average molecular weight is 204 g/mol. The SMILES string of the molecule is O=C1OC(CCl)CN1C1CCCC1. The second kappa shape index (κ2) is 3.74. The highest BCUT2D eigenvalue weighted by molar-refractivity contribution is 6.18. The highest BCUT2D eigenvalue weighted by Crippen LogP contribution is 2.27. The Kier molecular flexibility index (Phi) is 2.63. The van der Waals surface area contributed by atoms with Crippen LogP contribution in [0.3, 0.4) is 0 Å². The van der Waals surface area contributed by atoms with Gasteiger partial charge >= 0.3 is 6.09 Å². The summed E-state index contributed by atoms with van der Waals surface area (Å²) in [7, 11) is 0. The fraction of sp³-hybridized carbons (Fsp3) is 0.889. The van der Waals surface area contributed by atoms with Gasteiger partial charge in [0.1, 0.15) is 6.10 Å². The number of amides is 1. The molecule has 0 aromatic rings. The second-order valence-electron chi connectivity index (χ2n) is 3.75. The number of hydrogen-bond donors (Lipinski definition) is 0. The van der Waals surface area contributed by atoms with Crippen molar-refractivity contribution in [2.75, 3.05) is 12.4 Å². The van der Waals surface area contributed by atoms with Crippen molar-refractivity contribution in [3.05, 3.63) is 0 Å². The van der Waals surface area contributed by atoms with Gasteiger partial charge in [-0.2, -0.15) is 0 Å². The normalized spacial score (nSPS) is 29.8. The lowest BCUT2D eigenvalue weighted by Crippen LogP contribution is -2.34. The molecule has 1 unspecified atom stereocenters. The molecule has 1 atom stereocenters. The summed E-state index contributed by atoms with van der Waals surface area (Å²) in [5, 5.41) is 0. The predicted molar refractivity (Wildman–Crippen MR) is 50.0 cm³/mol. The smallest absolute Gasteiger partial charge is 0.410 e. The first kappa shape index (κ1) is 9.13. The Labute approximate surface area is 83.0 Å². The van der Waals surface area contributed by atoms with Crippen LogP contribution in [0.5, 0.6) is 0 Å². The minimum Gasteiger partial charge on any atom is -0.443 e. The van der Waals surface area contributed by atoms with Crippen molar-refractivity contribution in [3.8, 4) is 0 Å². The van der Waals surface area contributed by atoms with Crippen LogP contribution in [0.4, 0.5) is 4.79 Å². The van der Waals surface area contributed by atoms with Crippen LogP contribution in [0.25, 0.3) is 0 Å². The van der Waals surface area contributed by atoms with Crippen molar-refractivity contribution in [3.63, 3.8) is 0 Å². The molecular weight excluding hydrogens is 190 g/mol. The summed E-state index contributed by atoms with van der Waals surface area (Å²) in [6.07, 6.45) is 4.47.